The average Bonchev–Trinajstić information content (AvgIpc) is 2.99. The van der Waals surface area contributed by atoms with Crippen molar-refractivity contribution in [1.82, 2.24) is 15.1 Å². The van der Waals surface area contributed by atoms with Crippen LogP contribution in [0.3, 0.4) is 0 Å². The molecule has 1 aromatic carbocycles. The SMILES string of the molecule is CC(C)(C)c1cc(NC(=O)CCNC(=O)c2ccc(Br)cc2)n(C(C)(C)C)n1. The Kier molecular flexibility index (Phi) is 6.70. The van der Waals surface area contributed by atoms with E-state index in [1.165, 1.54) is 0 Å². The quantitative estimate of drug-likeness (QED) is 0.708. The van der Waals surface area contributed by atoms with Crippen molar-refractivity contribution >= 4 is 33.6 Å². The van der Waals surface area contributed by atoms with Crippen molar-refractivity contribution in [2.45, 2.75) is 58.9 Å². The Labute approximate surface area is 175 Å². The number of halogens is 1. The van der Waals surface area contributed by atoms with Gasteiger partial charge >= 0.3 is 0 Å². The van der Waals surface area contributed by atoms with Gasteiger partial charge in [0.15, 0.2) is 0 Å². The van der Waals surface area contributed by atoms with E-state index in [0.717, 1.165) is 10.2 Å². The Bertz CT molecular complexity index is 843. The Hall–Kier alpha value is -2.15. The summed E-state index contributed by atoms with van der Waals surface area (Å²) >= 11 is 3.34. The lowest BCUT2D eigenvalue weighted by Gasteiger charge is -2.23. The van der Waals surface area contributed by atoms with Gasteiger partial charge in [-0.15, -0.1) is 0 Å². The van der Waals surface area contributed by atoms with Gasteiger partial charge < -0.3 is 10.6 Å². The van der Waals surface area contributed by atoms with Crippen molar-refractivity contribution in [3.8, 4) is 0 Å². The molecule has 0 saturated carbocycles. The smallest absolute Gasteiger partial charge is 0.251 e. The summed E-state index contributed by atoms with van der Waals surface area (Å²) in [5, 5.41) is 10.4. The number of hydrogen-bond donors (Lipinski definition) is 2. The van der Waals surface area contributed by atoms with Crippen LogP contribution in [-0.4, -0.2) is 28.1 Å². The van der Waals surface area contributed by atoms with E-state index in [2.05, 4.69) is 52.4 Å². The third-order valence-electron chi connectivity index (χ3n) is 4.12. The van der Waals surface area contributed by atoms with Crippen LogP contribution in [-0.2, 0) is 15.7 Å². The number of benzene rings is 1. The number of nitrogens with zero attached hydrogens (tertiary/aromatic N) is 2. The summed E-state index contributed by atoms with van der Waals surface area (Å²) in [6.07, 6.45) is 0.183. The van der Waals surface area contributed by atoms with E-state index in [1.54, 1.807) is 12.1 Å². The van der Waals surface area contributed by atoms with Crippen molar-refractivity contribution in [2.24, 2.45) is 0 Å². The lowest BCUT2D eigenvalue weighted by atomic mass is 9.92. The molecule has 0 aliphatic carbocycles. The minimum Gasteiger partial charge on any atom is -0.352 e. The molecular formula is C21H29BrN4O2. The number of carbonyl (C=O) groups is 2. The highest BCUT2D eigenvalue weighted by molar-refractivity contribution is 9.10. The topological polar surface area (TPSA) is 76.0 Å². The van der Waals surface area contributed by atoms with Crippen molar-refractivity contribution < 1.29 is 9.59 Å². The highest BCUT2D eigenvalue weighted by Gasteiger charge is 2.25. The Balaban J connectivity index is 1.98. The van der Waals surface area contributed by atoms with Gasteiger partial charge in [-0.2, -0.15) is 5.10 Å². The van der Waals surface area contributed by atoms with Crippen molar-refractivity contribution in [3.05, 3.63) is 46.1 Å². The Morgan fingerprint density at radius 3 is 2.21 bits per heavy atom. The van der Waals surface area contributed by atoms with E-state index in [0.29, 0.717) is 11.4 Å². The van der Waals surface area contributed by atoms with Crippen LogP contribution >= 0.6 is 15.9 Å². The molecule has 0 atom stereocenters. The molecule has 2 rings (SSSR count). The summed E-state index contributed by atoms with van der Waals surface area (Å²) in [7, 11) is 0. The fraction of sp³-hybridized carbons (Fsp3) is 0.476. The third-order valence-corrected chi connectivity index (χ3v) is 4.65. The first kappa shape index (κ1) is 22.1. The Morgan fingerprint density at radius 1 is 1.07 bits per heavy atom. The minimum absolute atomic E-state index is 0.116. The molecule has 0 aliphatic heterocycles. The number of hydrogen-bond acceptors (Lipinski definition) is 3. The molecule has 0 unspecified atom stereocenters. The Morgan fingerprint density at radius 2 is 1.68 bits per heavy atom. The largest absolute Gasteiger partial charge is 0.352 e. The van der Waals surface area contributed by atoms with Gasteiger partial charge in [-0.1, -0.05) is 36.7 Å². The van der Waals surface area contributed by atoms with Crippen molar-refractivity contribution in [2.75, 3.05) is 11.9 Å². The summed E-state index contributed by atoms with van der Waals surface area (Å²) in [6, 6.07) is 9.00. The minimum atomic E-state index is -0.262. The maximum Gasteiger partial charge on any atom is 0.251 e. The monoisotopic (exact) mass is 448 g/mol. The summed E-state index contributed by atoms with van der Waals surface area (Å²) in [4.78, 5) is 24.5. The van der Waals surface area contributed by atoms with E-state index in [-0.39, 0.29) is 35.7 Å². The van der Waals surface area contributed by atoms with E-state index in [9.17, 15) is 9.59 Å². The number of rotatable bonds is 5. The molecular weight excluding hydrogens is 420 g/mol. The lowest BCUT2D eigenvalue weighted by Crippen LogP contribution is -2.30. The molecule has 0 radical (unpaired) electrons. The molecule has 2 N–H and O–H groups in total. The second kappa shape index (κ2) is 8.47. The predicted molar refractivity (Wildman–Crippen MR) is 116 cm³/mol. The second-order valence-corrected chi connectivity index (χ2v) is 9.72. The van der Waals surface area contributed by atoms with E-state index < -0.39 is 0 Å². The van der Waals surface area contributed by atoms with Crippen LogP contribution in [0.1, 0.15) is 64.0 Å². The number of anilines is 1. The fourth-order valence-electron chi connectivity index (χ4n) is 2.55. The zero-order chi connectivity index (χ0) is 21.1. The molecule has 1 aromatic heterocycles. The zero-order valence-corrected chi connectivity index (χ0v) is 19.0. The zero-order valence-electron chi connectivity index (χ0n) is 17.4. The molecule has 6 nitrogen and oxygen atoms in total. The molecule has 0 bridgehead atoms. The maximum absolute atomic E-state index is 12.4. The van der Waals surface area contributed by atoms with Crippen LogP contribution in [0.5, 0.6) is 0 Å². The highest BCUT2D eigenvalue weighted by Crippen LogP contribution is 2.28. The first-order chi connectivity index (χ1) is 12.9. The molecule has 0 spiro atoms. The third kappa shape index (κ3) is 5.92. The molecule has 1 heterocycles. The number of aromatic nitrogens is 2. The summed E-state index contributed by atoms with van der Waals surface area (Å²) in [5.41, 5.74) is 1.10. The number of carbonyl (C=O) groups excluding carboxylic acids is 2. The maximum atomic E-state index is 12.4. The van der Waals surface area contributed by atoms with Gasteiger partial charge in [0.25, 0.3) is 5.91 Å². The van der Waals surface area contributed by atoms with Crippen LogP contribution in [0.4, 0.5) is 5.82 Å². The van der Waals surface area contributed by atoms with E-state index >= 15 is 0 Å². The molecule has 28 heavy (non-hydrogen) atoms. The van der Waals surface area contributed by atoms with Crippen molar-refractivity contribution in [3.63, 3.8) is 0 Å². The summed E-state index contributed by atoms with van der Waals surface area (Å²) in [5.74, 6) is 0.304. The first-order valence-electron chi connectivity index (χ1n) is 9.32. The summed E-state index contributed by atoms with van der Waals surface area (Å²) < 4.78 is 2.75. The average molecular weight is 449 g/mol. The van der Waals surface area contributed by atoms with Crippen LogP contribution in [0.15, 0.2) is 34.8 Å². The molecule has 152 valence electrons. The number of nitrogens with one attached hydrogen (secondary N) is 2. The van der Waals surface area contributed by atoms with Gasteiger partial charge in [0.1, 0.15) is 5.82 Å². The molecule has 0 aliphatic rings. The van der Waals surface area contributed by atoms with Gasteiger partial charge in [-0.25, -0.2) is 4.68 Å². The van der Waals surface area contributed by atoms with Crippen LogP contribution in [0.25, 0.3) is 0 Å². The van der Waals surface area contributed by atoms with Crippen LogP contribution in [0.2, 0.25) is 0 Å². The van der Waals surface area contributed by atoms with Gasteiger partial charge in [-0.05, 0) is 45.0 Å². The van der Waals surface area contributed by atoms with Gasteiger partial charge in [0.05, 0.1) is 11.2 Å². The molecule has 0 fully saturated rings. The lowest BCUT2D eigenvalue weighted by molar-refractivity contribution is -0.116. The second-order valence-electron chi connectivity index (χ2n) is 8.81. The van der Waals surface area contributed by atoms with Gasteiger partial charge in [-0.3, -0.25) is 9.59 Å². The van der Waals surface area contributed by atoms with Gasteiger partial charge in [0.2, 0.25) is 5.91 Å². The predicted octanol–water partition coefficient (Wildman–Crippen LogP) is 4.46. The molecule has 7 heteroatoms. The van der Waals surface area contributed by atoms with E-state index in [1.807, 2.05) is 43.7 Å². The standard InChI is InChI=1S/C21H29BrN4O2/c1-20(2,3)16-13-17(26(25-16)21(4,5)6)24-18(27)11-12-23-19(28)14-7-9-15(22)10-8-14/h7-10,13H,11-12H2,1-6H3,(H,23,28)(H,24,27). The fourth-order valence-corrected chi connectivity index (χ4v) is 2.81. The number of amides is 2. The normalized spacial score (nSPS) is 12.0. The van der Waals surface area contributed by atoms with Crippen LogP contribution < -0.4 is 10.6 Å². The van der Waals surface area contributed by atoms with Crippen molar-refractivity contribution in [1.29, 1.82) is 0 Å². The molecule has 2 amide bonds. The van der Waals surface area contributed by atoms with Gasteiger partial charge in [0, 0.05) is 34.5 Å². The van der Waals surface area contributed by atoms with E-state index in [4.69, 9.17) is 0 Å². The van der Waals surface area contributed by atoms with Crippen LogP contribution in [0, 0.1) is 0 Å². The molecule has 2 aromatic rings. The highest BCUT2D eigenvalue weighted by atomic mass is 79.9. The molecule has 0 saturated heterocycles. The summed E-state index contributed by atoms with van der Waals surface area (Å²) in [6.45, 7) is 12.7. The first-order valence-corrected chi connectivity index (χ1v) is 10.1.